The second kappa shape index (κ2) is 11.1. The summed E-state index contributed by atoms with van der Waals surface area (Å²) in [5, 5.41) is 16.3. The molecule has 2 aromatic rings. The van der Waals surface area contributed by atoms with E-state index < -0.39 is 5.69 Å². The fraction of sp³-hybridized carbons (Fsp3) is 0.478. The molecule has 2 aliphatic rings. The third-order valence-electron chi connectivity index (χ3n) is 6.32. The maximum absolute atomic E-state index is 12.6. The lowest BCUT2D eigenvalue weighted by molar-refractivity contribution is 0.204. The summed E-state index contributed by atoms with van der Waals surface area (Å²) in [5.74, 6) is 0.297. The molecule has 2 fully saturated rings. The van der Waals surface area contributed by atoms with E-state index in [2.05, 4.69) is 25.8 Å². The zero-order valence-electron chi connectivity index (χ0n) is 19.3. The number of urea groups is 1. The first kappa shape index (κ1) is 23.7. The van der Waals surface area contributed by atoms with E-state index in [-0.39, 0.29) is 17.8 Å². The Hall–Kier alpha value is -3.44. The highest BCUT2D eigenvalue weighted by molar-refractivity contribution is 5.88. The summed E-state index contributed by atoms with van der Waals surface area (Å²) in [4.78, 5) is 33.0. The second-order valence-electron chi connectivity index (χ2n) is 8.72. The van der Waals surface area contributed by atoms with Crippen LogP contribution >= 0.6 is 0 Å². The topological polar surface area (TPSA) is 144 Å². The van der Waals surface area contributed by atoms with Gasteiger partial charge in [-0.05, 0) is 43.0 Å². The smallest absolute Gasteiger partial charge is 0.354 e. The minimum absolute atomic E-state index is 0.0439. The summed E-state index contributed by atoms with van der Waals surface area (Å²) >= 11 is 0. The number of amides is 2. The molecule has 34 heavy (non-hydrogen) atoms. The van der Waals surface area contributed by atoms with Crippen LogP contribution in [0.5, 0.6) is 0 Å². The zero-order valence-corrected chi connectivity index (χ0v) is 19.3. The Bertz CT molecular complexity index is 1040. The van der Waals surface area contributed by atoms with Crippen LogP contribution in [0.25, 0.3) is 5.69 Å². The first-order chi connectivity index (χ1) is 16.5. The van der Waals surface area contributed by atoms with Crippen molar-refractivity contribution in [1.29, 1.82) is 5.41 Å². The number of nitrogens with two attached hydrogens (primary N) is 1. The molecule has 0 unspecified atom stereocenters. The lowest BCUT2D eigenvalue weighted by Gasteiger charge is -2.32. The third kappa shape index (κ3) is 6.33. The van der Waals surface area contributed by atoms with E-state index in [1.54, 1.807) is 17.2 Å². The molecule has 4 rings (SSSR count). The van der Waals surface area contributed by atoms with Crippen molar-refractivity contribution in [3.8, 4) is 5.69 Å². The Kier molecular flexibility index (Phi) is 7.76. The number of benzene rings is 1. The van der Waals surface area contributed by atoms with Gasteiger partial charge < -0.3 is 26.2 Å². The molecule has 3 heterocycles. The van der Waals surface area contributed by atoms with Crippen molar-refractivity contribution in [1.82, 2.24) is 30.0 Å². The van der Waals surface area contributed by atoms with Crippen molar-refractivity contribution in [2.45, 2.75) is 25.3 Å². The fourth-order valence-electron chi connectivity index (χ4n) is 4.36. The molecular weight excluding hydrogens is 434 g/mol. The Balaban J connectivity index is 1.29. The van der Waals surface area contributed by atoms with E-state index in [0.29, 0.717) is 19.1 Å². The van der Waals surface area contributed by atoms with Crippen LogP contribution in [0.4, 0.5) is 10.6 Å². The highest BCUT2D eigenvalue weighted by Crippen LogP contribution is 2.13. The summed E-state index contributed by atoms with van der Waals surface area (Å²) in [7, 11) is 0. The van der Waals surface area contributed by atoms with Gasteiger partial charge in [-0.15, -0.1) is 0 Å². The number of carbonyl (C=O) groups is 1. The number of rotatable bonds is 6. The van der Waals surface area contributed by atoms with Gasteiger partial charge in [-0.3, -0.25) is 15.3 Å². The van der Waals surface area contributed by atoms with Crippen LogP contribution in [-0.2, 0) is 6.42 Å². The van der Waals surface area contributed by atoms with Crippen LogP contribution < -0.4 is 27.4 Å². The molecular formula is C23H33N9O2. The van der Waals surface area contributed by atoms with Gasteiger partial charge >= 0.3 is 11.7 Å². The molecule has 1 aromatic carbocycles. The lowest BCUT2D eigenvalue weighted by atomic mass is 10.0. The van der Waals surface area contributed by atoms with E-state index in [1.165, 1.54) is 10.1 Å². The number of piperazine rings is 1. The highest BCUT2D eigenvalue weighted by atomic mass is 16.2. The summed E-state index contributed by atoms with van der Waals surface area (Å²) in [5.41, 5.74) is 6.92. The molecule has 11 nitrogen and oxygen atoms in total. The molecule has 11 heteroatoms. The minimum Gasteiger partial charge on any atom is -0.370 e. The van der Waals surface area contributed by atoms with Gasteiger partial charge in [0.05, 0.1) is 5.69 Å². The van der Waals surface area contributed by atoms with Crippen molar-refractivity contribution >= 4 is 17.8 Å². The summed E-state index contributed by atoms with van der Waals surface area (Å²) in [6, 6.07) is 9.59. The maximum Gasteiger partial charge on any atom is 0.354 e. The molecule has 182 valence electrons. The fourth-order valence-corrected chi connectivity index (χ4v) is 4.36. The molecule has 0 saturated carbocycles. The number of piperidine rings is 1. The summed E-state index contributed by atoms with van der Waals surface area (Å²) in [6.07, 6.45) is 4.53. The zero-order chi connectivity index (χ0) is 23.9. The Labute approximate surface area is 198 Å². The van der Waals surface area contributed by atoms with Crippen molar-refractivity contribution in [2.24, 2.45) is 5.73 Å². The number of anilines is 1. The monoisotopic (exact) mass is 467 g/mol. The molecule has 0 atom stereocenters. The van der Waals surface area contributed by atoms with Gasteiger partial charge in [0.1, 0.15) is 5.82 Å². The van der Waals surface area contributed by atoms with E-state index in [9.17, 15) is 9.59 Å². The number of nitrogens with zero attached hydrogens (tertiary/aromatic N) is 4. The molecule has 1 aromatic heterocycles. The Morgan fingerprint density at radius 3 is 2.47 bits per heavy atom. The normalized spacial score (nSPS) is 17.4. The molecule has 0 radical (unpaired) electrons. The number of carbonyl (C=O) groups excluding carboxylic acids is 1. The molecule has 0 spiro atoms. The van der Waals surface area contributed by atoms with Crippen LogP contribution in [0.2, 0.25) is 0 Å². The summed E-state index contributed by atoms with van der Waals surface area (Å²) < 4.78 is 1.47. The van der Waals surface area contributed by atoms with Crippen LogP contribution in [0, 0.1) is 5.41 Å². The van der Waals surface area contributed by atoms with E-state index in [4.69, 9.17) is 11.1 Å². The quantitative estimate of drug-likeness (QED) is 0.301. The Morgan fingerprint density at radius 2 is 1.82 bits per heavy atom. The number of aromatic nitrogens is 2. The standard InChI is InChI=1S/C23H33N9O2/c24-21(25)27-18-6-12-30(13-7-18)11-5-17-1-3-19(4-2-17)32-14-8-20(29-23(32)34)28-22(33)31-15-9-26-10-16-31/h1-4,8,14,18,26H,5-7,9-13,15-16H2,(H4,24,25,27)(H,28,29,33,34). The van der Waals surface area contributed by atoms with Gasteiger partial charge in [0.15, 0.2) is 5.96 Å². The van der Waals surface area contributed by atoms with Crippen molar-refractivity contribution in [3.05, 3.63) is 52.6 Å². The Morgan fingerprint density at radius 1 is 1.12 bits per heavy atom. The maximum atomic E-state index is 12.6. The lowest BCUT2D eigenvalue weighted by Crippen LogP contribution is -2.48. The molecule has 2 aliphatic heterocycles. The van der Waals surface area contributed by atoms with Gasteiger partial charge in [-0.2, -0.15) is 4.98 Å². The predicted octanol–water partition coefficient (Wildman–Crippen LogP) is 0.160. The van der Waals surface area contributed by atoms with Gasteiger partial charge in [0.2, 0.25) is 0 Å². The number of hydrogen-bond acceptors (Lipinski definition) is 6. The number of guanidine groups is 1. The van der Waals surface area contributed by atoms with Crippen LogP contribution in [0.3, 0.4) is 0 Å². The average Bonchev–Trinajstić information content (AvgIpc) is 2.84. The van der Waals surface area contributed by atoms with Gasteiger partial charge in [0.25, 0.3) is 0 Å². The number of likely N-dealkylation sites (tertiary alicyclic amines) is 1. The first-order valence-electron chi connectivity index (χ1n) is 11.8. The van der Waals surface area contributed by atoms with E-state index in [1.807, 2.05) is 24.3 Å². The SMILES string of the molecule is N=C(N)NC1CCN(CCc2ccc(-n3ccc(NC(=O)N4CCNCC4)nc3=O)cc2)CC1. The van der Waals surface area contributed by atoms with Crippen LogP contribution in [0.1, 0.15) is 18.4 Å². The van der Waals surface area contributed by atoms with Crippen LogP contribution in [-0.4, -0.2) is 83.2 Å². The minimum atomic E-state index is -0.437. The van der Waals surface area contributed by atoms with Crippen molar-refractivity contribution < 1.29 is 4.79 Å². The van der Waals surface area contributed by atoms with Gasteiger partial charge in [0, 0.05) is 58.1 Å². The van der Waals surface area contributed by atoms with Gasteiger partial charge in [-0.1, -0.05) is 12.1 Å². The highest BCUT2D eigenvalue weighted by Gasteiger charge is 2.19. The van der Waals surface area contributed by atoms with Crippen molar-refractivity contribution in [3.63, 3.8) is 0 Å². The first-order valence-corrected chi connectivity index (χ1v) is 11.8. The second-order valence-corrected chi connectivity index (χ2v) is 8.72. The number of hydrogen-bond donors (Lipinski definition) is 5. The predicted molar refractivity (Wildman–Crippen MR) is 132 cm³/mol. The average molecular weight is 468 g/mol. The third-order valence-corrected chi connectivity index (χ3v) is 6.32. The molecule has 0 bridgehead atoms. The number of nitrogens with one attached hydrogen (secondary N) is 4. The van der Waals surface area contributed by atoms with Crippen LogP contribution in [0.15, 0.2) is 41.3 Å². The van der Waals surface area contributed by atoms with Crippen molar-refractivity contribution in [2.75, 3.05) is 51.1 Å². The summed E-state index contributed by atoms with van der Waals surface area (Å²) in [6.45, 7) is 5.72. The largest absolute Gasteiger partial charge is 0.370 e. The van der Waals surface area contributed by atoms with E-state index >= 15 is 0 Å². The molecule has 2 amide bonds. The van der Waals surface area contributed by atoms with E-state index in [0.717, 1.165) is 57.7 Å². The molecule has 2 saturated heterocycles. The van der Waals surface area contributed by atoms with Gasteiger partial charge in [-0.25, -0.2) is 9.59 Å². The molecule has 6 N–H and O–H groups in total. The molecule has 0 aliphatic carbocycles.